The lowest BCUT2D eigenvalue weighted by molar-refractivity contribution is -0.181. The number of rotatable bonds is 2. The molecule has 2 aliphatic heterocycles. The number of benzene rings is 1. The molecule has 3 rings (SSSR count). The summed E-state index contributed by atoms with van der Waals surface area (Å²) < 4.78 is 5.96. The third-order valence-electron chi connectivity index (χ3n) is 3.33. The predicted molar refractivity (Wildman–Crippen MR) is 77.3 cm³/mol. The molecule has 0 bridgehead atoms. The zero-order valence-electron chi connectivity index (χ0n) is 10.4. The Hall–Kier alpha value is -1.59. The first kappa shape index (κ1) is 13.4. The highest BCUT2D eigenvalue weighted by atomic mass is 127. The molecule has 20 heavy (non-hydrogen) atoms. The summed E-state index contributed by atoms with van der Waals surface area (Å²) in [7, 11) is 0. The van der Waals surface area contributed by atoms with E-state index in [-0.39, 0.29) is 5.91 Å². The van der Waals surface area contributed by atoms with Gasteiger partial charge in [0.25, 0.3) is 5.91 Å². The van der Waals surface area contributed by atoms with Gasteiger partial charge in [-0.05, 0) is 40.8 Å². The average molecular weight is 383 g/mol. The summed E-state index contributed by atoms with van der Waals surface area (Å²) in [5, 5.41) is 1.06. The van der Waals surface area contributed by atoms with Crippen LogP contribution in [0.25, 0.3) is 0 Å². The minimum Gasteiger partial charge on any atom is -0.345 e. The molecule has 1 amide bonds. The van der Waals surface area contributed by atoms with Gasteiger partial charge in [-0.15, -0.1) is 11.5 Å². The molecule has 2 aliphatic rings. The van der Waals surface area contributed by atoms with E-state index >= 15 is 0 Å². The molecular weight excluding hydrogens is 373 g/mol. The lowest BCUT2D eigenvalue weighted by Crippen LogP contribution is -2.38. The van der Waals surface area contributed by atoms with Crippen LogP contribution in [0.5, 0.6) is 0 Å². The van der Waals surface area contributed by atoms with E-state index in [2.05, 4.69) is 5.92 Å². The lowest BCUT2D eigenvalue weighted by atomic mass is 10.1. The molecule has 1 spiro atoms. The summed E-state index contributed by atoms with van der Waals surface area (Å²) in [5.41, 5.74) is 0.209. The summed E-state index contributed by atoms with van der Waals surface area (Å²) in [4.78, 5) is 29.2. The number of hydrogen-bond acceptors (Lipinski definition) is 4. The number of halogens is 1. The molecule has 1 atom stereocenters. The standard InChI is InChI=1S/C14H10INO4/c1-2-9-3-4-11(15)10(7-9)13(18)20-16-12(17)5-6-14(16)8-19-14/h1,3-4,7H,5-6,8H2. The molecule has 0 N–H and O–H groups in total. The molecule has 0 radical (unpaired) electrons. The van der Waals surface area contributed by atoms with Gasteiger partial charge in [0.2, 0.25) is 5.72 Å². The second kappa shape index (κ2) is 4.75. The van der Waals surface area contributed by atoms with Crippen LogP contribution in [0.1, 0.15) is 28.8 Å². The van der Waals surface area contributed by atoms with Gasteiger partial charge < -0.3 is 9.57 Å². The maximum Gasteiger partial charge on any atom is 0.364 e. The van der Waals surface area contributed by atoms with Gasteiger partial charge in [0.05, 0.1) is 5.56 Å². The minimum absolute atomic E-state index is 0.237. The lowest BCUT2D eigenvalue weighted by Gasteiger charge is -2.19. The topological polar surface area (TPSA) is 59.1 Å². The zero-order chi connectivity index (χ0) is 14.3. The van der Waals surface area contributed by atoms with Gasteiger partial charge >= 0.3 is 5.97 Å². The van der Waals surface area contributed by atoms with Crippen LogP contribution >= 0.6 is 22.6 Å². The van der Waals surface area contributed by atoms with E-state index in [1.165, 1.54) is 0 Å². The van der Waals surface area contributed by atoms with Crippen molar-refractivity contribution in [2.45, 2.75) is 18.6 Å². The third-order valence-corrected chi connectivity index (χ3v) is 4.27. The maximum absolute atomic E-state index is 12.2. The van der Waals surface area contributed by atoms with Crippen LogP contribution in [-0.2, 0) is 14.4 Å². The molecule has 0 saturated carbocycles. The van der Waals surface area contributed by atoms with Crippen molar-refractivity contribution in [1.29, 1.82) is 0 Å². The van der Waals surface area contributed by atoms with Crippen LogP contribution in [0.4, 0.5) is 0 Å². The Morgan fingerprint density at radius 3 is 2.95 bits per heavy atom. The van der Waals surface area contributed by atoms with Gasteiger partial charge in [-0.2, -0.15) is 0 Å². The molecule has 0 aliphatic carbocycles. The van der Waals surface area contributed by atoms with Crippen molar-refractivity contribution in [3.05, 3.63) is 32.9 Å². The van der Waals surface area contributed by atoms with Crippen molar-refractivity contribution in [3.8, 4) is 12.3 Å². The van der Waals surface area contributed by atoms with E-state index < -0.39 is 11.7 Å². The Bertz CT molecular complexity index is 645. The molecule has 1 aromatic carbocycles. The van der Waals surface area contributed by atoms with E-state index in [0.717, 1.165) is 5.06 Å². The fourth-order valence-corrected chi connectivity index (χ4v) is 2.67. The van der Waals surface area contributed by atoms with Crippen molar-refractivity contribution < 1.29 is 19.2 Å². The van der Waals surface area contributed by atoms with Gasteiger partial charge in [-0.1, -0.05) is 5.92 Å². The zero-order valence-corrected chi connectivity index (χ0v) is 12.5. The third kappa shape index (κ3) is 2.17. The smallest absolute Gasteiger partial charge is 0.345 e. The van der Waals surface area contributed by atoms with Crippen molar-refractivity contribution in [2.24, 2.45) is 0 Å². The van der Waals surface area contributed by atoms with Gasteiger partial charge in [0, 0.05) is 22.0 Å². The fraction of sp³-hybridized carbons (Fsp3) is 0.286. The molecule has 6 heteroatoms. The number of epoxide rings is 1. The molecule has 1 unspecified atom stereocenters. The largest absolute Gasteiger partial charge is 0.364 e. The number of terminal acetylenes is 1. The summed E-state index contributed by atoms with van der Waals surface area (Å²) in [6.07, 6.45) is 6.20. The Balaban J connectivity index is 1.83. The first-order valence-corrected chi connectivity index (χ1v) is 7.09. The Morgan fingerprint density at radius 1 is 1.55 bits per heavy atom. The first-order valence-electron chi connectivity index (χ1n) is 6.01. The number of carbonyl (C=O) groups is 2. The average Bonchev–Trinajstić information content (AvgIpc) is 3.17. The van der Waals surface area contributed by atoms with Crippen LogP contribution < -0.4 is 0 Å². The number of hydroxylamine groups is 2. The van der Waals surface area contributed by atoms with E-state index in [1.807, 2.05) is 22.6 Å². The molecule has 0 aromatic heterocycles. The molecule has 2 heterocycles. The Labute approximate surface area is 129 Å². The number of carbonyl (C=O) groups excluding carboxylic acids is 2. The van der Waals surface area contributed by atoms with Crippen LogP contribution in [-0.4, -0.2) is 29.3 Å². The molecule has 2 saturated heterocycles. The molecule has 102 valence electrons. The second-order valence-corrected chi connectivity index (χ2v) is 5.80. The normalized spacial score (nSPS) is 23.8. The van der Waals surface area contributed by atoms with Crippen molar-refractivity contribution in [1.82, 2.24) is 5.06 Å². The van der Waals surface area contributed by atoms with E-state index in [4.69, 9.17) is 16.0 Å². The van der Waals surface area contributed by atoms with Crippen LogP contribution in [0, 0.1) is 15.9 Å². The molecular formula is C14H10INO4. The van der Waals surface area contributed by atoms with E-state index in [1.54, 1.807) is 18.2 Å². The van der Waals surface area contributed by atoms with Crippen LogP contribution in [0.3, 0.4) is 0 Å². The van der Waals surface area contributed by atoms with Gasteiger partial charge in [-0.25, -0.2) is 4.79 Å². The van der Waals surface area contributed by atoms with Crippen molar-refractivity contribution in [3.63, 3.8) is 0 Å². The van der Waals surface area contributed by atoms with Crippen molar-refractivity contribution in [2.75, 3.05) is 6.61 Å². The monoisotopic (exact) mass is 383 g/mol. The highest BCUT2D eigenvalue weighted by Crippen LogP contribution is 2.42. The molecule has 5 nitrogen and oxygen atoms in total. The predicted octanol–water partition coefficient (Wildman–Crippen LogP) is 1.69. The summed E-state index contributed by atoms with van der Waals surface area (Å²) in [6, 6.07) is 5.05. The Morgan fingerprint density at radius 2 is 2.30 bits per heavy atom. The second-order valence-electron chi connectivity index (χ2n) is 4.64. The number of ether oxygens (including phenoxy) is 1. The molecule has 2 fully saturated rings. The molecule has 1 aromatic rings. The quantitative estimate of drug-likeness (QED) is 0.443. The van der Waals surface area contributed by atoms with Crippen molar-refractivity contribution >= 4 is 34.5 Å². The number of amides is 1. The summed E-state index contributed by atoms with van der Waals surface area (Å²) in [6.45, 7) is 0.410. The first-order chi connectivity index (χ1) is 9.55. The SMILES string of the molecule is C#Cc1ccc(I)c(C(=O)ON2C(=O)CCC23CO3)c1. The van der Waals surface area contributed by atoms with Gasteiger partial charge in [0.1, 0.15) is 6.61 Å². The van der Waals surface area contributed by atoms with Crippen LogP contribution in [0.2, 0.25) is 0 Å². The van der Waals surface area contributed by atoms with E-state index in [0.29, 0.717) is 34.1 Å². The highest BCUT2D eigenvalue weighted by molar-refractivity contribution is 14.1. The highest BCUT2D eigenvalue weighted by Gasteiger charge is 2.59. The van der Waals surface area contributed by atoms with Gasteiger partial charge in [0.15, 0.2) is 0 Å². The maximum atomic E-state index is 12.2. The number of hydrogen-bond donors (Lipinski definition) is 0. The van der Waals surface area contributed by atoms with E-state index in [9.17, 15) is 9.59 Å². The summed E-state index contributed by atoms with van der Waals surface area (Å²) in [5.74, 6) is 1.63. The fourth-order valence-electron chi connectivity index (χ4n) is 2.12. The summed E-state index contributed by atoms with van der Waals surface area (Å²) >= 11 is 2.02. The van der Waals surface area contributed by atoms with Gasteiger partial charge in [-0.3, -0.25) is 4.79 Å². The minimum atomic E-state index is -0.720. The Kier molecular flexibility index (Phi) is 3.18. The van der Waals surface area contributed by atoms with Crippen LogP contribution in [0.15, 0.2) is 18.2 Å². The number of nitrogens with zero attached hydrogens (tertiary/aromatic N) is 1.